The van der Waals surface area contributed by atoms with Gasteiger partial charge in [-0.3, -0.25) is 13.9 Å². The Morgan fingerprint density at radius 3 is 2.46 bits per heavy atom. The summed E-state index contributed by atoms with van der Waals surface area (Å²) < 4.78 is 40.5. The minimum atomic E-state index is -4.24. The number of aliphatic imine (C=N–C) groups is 1. The van der Waals surface area contributed by atoms with Crippen molar-refractivity contribution >= 4 is 56.9 Å². The van der Waals surface area contributed by atoms with Crippen LogP contribution < -0.4 is 5.32 Å². The van der Waals surface area contributed by atoms with E-state index in [9.17, 15) is 22.8 Å². The highest BCUT2D eigenvalue weighted by Gasteiger charge is 2.55. The van der Waals surface area contributed by atoms with Crippen LogP contribution in [0.1, 0.15) is 85.0 Å². The molecule has 2 fully saturated rings. The number of cyclic esters (lactones) is 1. The summed E-state index contributed by atoms with van der Waals surface area (Å²) in [7, 11) is -4.24. The van der Waals surface area contributed by atoms with Gasteiger partial charge in [-0.05, 0) is 63.8 Å². The second-order valence-electron chi connectivity index (χ2n) is 12.9. The monoisotopic (exact) mass is 698 g/mol. The van der Waals surface area contributed by atoms with Crippen molar-refractivity contribution in [2.24, 2.45) is 4.99 Å². The number of nitrogens with zero attached hydrogens (tertiary/aromatic N) is 3. The molecule has 1 unspecified atom stereocenters. The fourth-order valence-electron chi connectivity index (χ4n) is 6.16. The first-order chi connectivity index (χ1) is 23.0. The van der Waals surface area contributed by atoms with Crippen LogP contribution in [0, 0.1) is 0 Å². The second kappa shape index (κ2) is 15.9. The minimum Gasteiger partial charge on any atom is -0.433 e. The summed E-state index contributed by atoms with van der Waals surface area (Å²) in [6.07, 6.45) is 9.11. The van der Waals surface area contributed by atoms with Gasteiger partial charge in [0.05, 0.1) is 11.4 Å². The molecule has 2 aromatic rings. The molecule has 0 spiro atoms. The summed E-state index contributed by atoms with van der Waals surface area (Å²) in [6.45, 7) is 5.76. The van der Waals surface area contributed by atoms with Gasteiger partial charge in [0.1, 0.15) is 4.90 Å². The van der Waals surface area contributed by atoms with Gasteiger partial charge in [0.25, 0.3) is 21.8 Å². The summed E-state index contributed by atoms with van der Waals surface area (Å²) in [4.78, 5) is 47.7. The van der Waals surface area contributed by atoms with E-state index in [4.69, 9.17) is 9.47 Å². The fourth-order valence-corrected chi connectivity index (χ4v) is 9.11. The highest BCUT2D eigenvalue weighted by atomic mass is 32.2. The Labute approximate surface area is 287 Å². The van der Waals surface area contributed by atoms with Gasteiger partial charge in [-0.1, -0.05) is 69.7 Å². The maximum Gasteiger partial charge on any atom is 0.418 e. The highest BCUT2D eigenvalue weighted by molar-refractivity contribution is 8.00. The number of anilines is 1. The lowest BCUT2D eigenvalue weighted by Crippen LogP contribution is -2.59. The molecule has 3 amide bonds. The first-order valence-corrected chi connectivity index (χ1v) is 19.3. The molecule has 2 aromatic carbocycles. The Hall–Kier alpha value is -3.42. The van der Waals surface area contributed by atoms with Crippen LogP contribution in [0.25, 0.3) is 0 Å². The van der Waals surface area contributed by atoms with Gasteiger partial charge in [-0.25, -0.2) is 23.1 Å². The largest absolute Gasteiger partial charge is 0.433 e. The van der Waals surface area contributed by atoms with Gasteiger partial charge in [0.2, 0.25) is 0 Å². The van der Waals surface area contributed by atoms with Crippen molar-refractivity contribution in [3.8, 4) is 0 Å². The van der Waals surface area contributed by atoms with Crippen LogP contribution >= 0.6 is 11.8 Å². The molecule has 0 aromatic heterocycles. The van der Waals surface area contributed by atoms with Gasteiger partial charge in [0.15, 0.2) is 17.5 Å². The molecule has 1 N–H and O–H groups in total. The number of carbonyl (C=O) groups excluding carboxylic acids is 3. The first kappa shape index (κ1) is 35.9. The number of amides is 3. The summed E-state index contributed by atoms with van der Waals surface area (Å²) in [5, 5.41) is 3.33. The average Bonchev–Trinajstić information content (AvgIpc) is 3.26. The van der Waals surface area contributed by atoms with Crippen molar-refractivity contribution in [2.45, 2.75) is 112 Å². The zero-order chi connectivity index (χ0) is 34.3. The average molecular weight is 699 g/mol. The van der Waals surface area contributed by atoms with E-state index >= 15 is 0 Å². The zero-order valence-electron chi connectivity index (χ0n) is 28.0. The third-order valence-corrected chi connectivity index (χ3v) is 12.0. The van der Waals surface area contributed by atoms with E-state index in [-0.39, 0.29) is 29.6 Å². The summed E-state index contributed by atoms with van der Waals surface area (Å²) in [5.74, 6) is -1.80. The normalized spacial score (nSPS) is 19.4. The molecule has 1 aliphatic carbocycles. The molecule has 260 valence electrons. The maximum atomic E-state index is 14.5. The van der Waals surface area contributed by atoms with Crippen LogP contribution in [0.4, 0.5) is 16.2 Å². The van der Waals surface area contributed by atoms with Crippen molar-refractivity contribution in [2.75, 3.05) is 25.1 Å². The number of sulfonamides is 1. The Balaban J connectivity index is 1.49. The molecular weight excluding hydrogens is 653 g/mol. The van der Waals surface area contributed by atoms with Crippen LogP contribution in [-0.2, 0) is 29.1 Å². The Morgan fingerprint density at radius 1 is 1.02 bits per heavy atom. The molecule has 1 saturated heterocycles. The van der Waals surface area contributed by atoms with Crippen molar-refractivity contribution in [1.29, 1.82) is 0 Å². The standard InChI is InChI=1S/C35H46N4O7S2/c1-4-5-6-14-23-45-24-15-22-38-31(36-27-19-11-13-21-29(27)48(38,43)44)30(39-33(41)35(2,3)46-34(39)42)32(40)37-26-18-10-12-20-28(26)47-25-16-8-7-9-17-25/h10-13,18-21,25,30H,4-9,14-17,22-24H2,1-3H3,(H,37,40). The van der Waals surface area contributed by atoms with E-state index in [1.54, 1.807) is 36.0 Å². The van der Waals surface area contributed by atoms with Crippen molar-refractivity contribution in [1.82, 2.24) is 9.21 Å². The molecule has 2 aliphatic heterocycles. The lowest BCUT2D eigenvalue weighted by atomic mass is 10.0. The molecule has 1 saturated carbocycles. The van der Waals surface area contributed by atoms with E-state index in [1.165, 1.54) is 32.4 Å². The van der Waals surface area contributed by atoms with Crippen LogP contribution in [0.15, 0.2) is 63.3 Å². The van der Waals surface area contributed by atoms with Gasteiger partial charge in [0, 0.05) is 29.9 Å². The highest BCUT2D eigenvalue weighted by Crippen LogP contribution is 2.39. The number of imide groups is 1. The van der Waals surface area contributed by atoms with E-state index < -0.39 is 39.6 Å². The van der Waals surface area contributed by atoms with E-state index in [2.05, 4.69) is 17.2 Å². The third-order valence-electron chi connectivity index (χ3n) is 8.73. The number of para-hydroxylation sites is 2. The molecule has 13 heteroatoms. The van der Waals surface area contributed by atoms with Crippen LogP contribution in [0.5, 0.6) is 0 Å². The molecule has 5 rings (SSSR count). The smallest absolute Gasteiger partial charge is 0.418 e. The van der Waals surface area contributed by atoms with Gasteiger partial charge >= 0.3 is 6.09 Å². The minimum absolute atomic E-state index is 0.0294. The molecule has 11 nitrogen and oxygen atoms in total. The van der Waals surface area contributed by atoms with Crippen LogP contribution in [-0.4, -0.2) is 78.0 Å². The number of hydrogen-bond donors (Lipinski definition) is 1. The number of rotatable bonds is 15. The fraction of sp³-hybridized carbons (Fsp3) is 0.543. The number of amidine groups is 1. The lowest BCUT2D eigenvalue weighted by Gasteiger charge is -2.35. The molecular formula is C35H46N4O7S2. The van der Waals surface area contributed by atoms with Gasteiger partial charge in [-0.2, -0.15) is 0 Å². The van der Waals surface area contributed by atoms with Crippen LogP contribution in [0.2, 0.25) is 0 Å². The van der Waals surface area contributed by atoms with E-state index in [1.807, 2.05) is 12.1 Å². The molecule has 3 aliphatic rings. The molecule has 1 atom stereocenters. The number of nitrogens with one attached hydrogen (secondary N) is 1. The van der Waals surface area contributed by atoms with Crippen molar-refractivity contribution in [3.05, 3.63) is 48.5 Å². The number of unbranched alkanes of at least 4 members (excludes halogenated alkanes) is 3. The number of carbonyl (C=O) groups is 3. The van der Waals surface area contributed by atoms with Crippen molar-refractivity contribution < 1.29 is 32.3 Å². The number of thioether (sulfide) groups is 1. The van der Waals surface area contributed by atoms with Crippen LogP contribution in [0.3, 0.4) is 0 Å². The SMILES string of the molecule is CCCCCCOCCCN1C(C(C(=O)Nc2ccccc2SC2CCCCC2)N2C(=O)OC(C)(C)C2=O)=Nc2ccccc2S1(=O)=O. The first-order valence-electron chi connectivity index (χ1n) is 17.0. The number of fused-ring (bicyclic) bond motifs is 1. The van der Waals surface area contributed by atoms with E-state index in [0.29, 0.717) is 28.9 Å². The zero-order valence-corrected chi connectivity index (χ0v) is 29.6. The molecule has 0 radical (unpaired) electrons. The number of benzene rings is 2. The predicted molar refractivity (Wildman–Crippen MR) is 186 cm³/mol. The molecule has 48 heavy (non-hydrogen) atoms. The third kappa shape index (κ3) is 8.06. The lowest BCUT2D eigenvalue weighted by molar-refractivity contribution is -0.137. The Bertz CT molecular complexity index is 1620. The van der Waals surface area contributed by atoms with E-state index in [0.717, 1.165) is 60.6 Å². The topological polar surface area (TPSA) is 135 Å². The summed E-state index contributed by atoms with van der Waals surface area (Å²) >= 11 is 1.69. The van der Waals surface area contributed by atoms with Crippen molar-refractivity contribution in [3.63, 3.8) is 0 Å². The predicted octanol–water partition coefficient (Wildman–Crippen LogP) is 6.90. The molecule has 0 bridgehead atoms. The maximum absolute atomic E-state index is 14.5. The van der Waals surface area contributed by atoms with Gasteiger partial charge < -0.3 is 14.8 Å². The quantitative estimate of drug-likeness (QED) is 0.199. The van der Waals surface area contributed by atoms with Gasteiger partial charge in [-0.15, -0.1) is 11.8 Å². The summed E-state index contributed by atoms with van der Waals surface area (Å²) in [5.41, 5.74) is -0.946. The number of ether oxygens (including phenoxy) is 2. The Morgan fingerprint density at radius 2 is 1.73 bits per heavy atom. The second-order valence-corrected chi connectivity index (χ2v) is 16.0. The Kier molecular flexibility index (Phi) is 11.9. The molecule has 2 heterocycles. The number of hydrogen-bond acceptors (Lipinski definition) is 9. The summed E-state index contributed by atoms with van der Waals surface area (Å²) in [6, 6.07) is 11.9.